The minimum atomic E-state index is 0.913. The predicted molar refractivity (Wildman–Crippen MR) is 67.1 cm³/mol. The van der Waals surface area contributed by atoms with Gasteiger partial charge in [0.2, 0.25) is 0 Å². The second kappa shape index (κ2) is 5.30. The molecule has 0 aliphatic carbocycles. The standard InChI is InChI=1S/C12H19NS/c1-9-7-10(2)12(13)8-11(9)5-3-4-6-14/h7-8,14H,3-6,13H2,1-2H3. The summed E-state index contributed by atoms with van der Waals surface area (Å²) in [5.74, 6) is 0.973. The van der Waals surface area contributed by atoms with Crippen LogP contribution in [0.5, 0.6) is 0 Å². The first kappa shape index (κ1) is 11.4. The number of nitrogen functional groups attached to an aromatic ring is 1. The molecule has 0 bridgehead atoms. The third-order valence-electron chi connectivity index (χ3n) is 2.58. The van der Waals surface area contributed by atoms with Crippen molar-refractivity contribution in [2.24, 2.45) is 0 Å². The molecular weight excluding hydrogens is 190 g/mol. The molecule has 0 saturated carbocycles. The van der Waals surface area contributed by atoms with Crippen molar-refractivity contribution >= 4 is 18.3 Å². The Morgan fingerprint density at radius 3 is 2.50 bits per heavy atom. The van der Waals surface area contributed by atoms with Crippen molar-refractivity contribution in [2.45, 2.75) is 33.1 Å². The van der Waals surface area contributed by atoms with E-state index in [1.54, 1.807) is 0 Å². The molecule has 2 N–H and O–H groups in total. The van der Waals surface area contributed by atoms with Gasteiger partial charge in [0, 0.05) is 5.69 Å². The quantitative estimate of drug-likeness (QED) is 0.445. The summed E-state index contributed by atoms with van der Waals surface area (Å²) in [4.78, 5) is 0. The molecule has 1 aromatic rings. The molecule has 0 aliphatic heterocycles. The van der Waals surface area contributed by atoms with Crippen LogP contribution < -0.4 is 5.73 Å². The first-order chi connectivity index (χ1) is 6.65. The van der Waals surface area contributed by atoms with Gasteiger partial charge in [-0.2, -0.15) is 12.6 Å². The van der Waals surface area contributed by atoms with E-state index in [0.29, 0.717) is 0 Å². The minimum absolute atomic E-state index is 0.913. The molecule has 0 unspecified atom stereocenters. The summed E-state index contributed by atoms with van der Waals surface area (Å²) in [6.45, 7) is 4.21. The van der Waals surface area contributed by atoms with Crippen molar-refractivity contribution in [3.8, 4) is 0 Å². The van der Waals surface area contributed by atoms with Crippen molar-refractivity contribution in [2.75, 3.05) is 11.5 Å². The molecule has 0 aromatic heterocycles. The first-order valence-corrected chi connectivity index (χ1v) is 5.75. The molecule has 0 saturated heterocycles. The van der Waals surface area contributed by atoms with Crippen molar-refractivity contribution in [1.82, 2.24) is 0 Å². The van der Waals surface area contributed by atoms with Gasteiger partial charge >= 0.3 is 0 Å². The number of rotatable bonds is 4. The van der Waals surface area contributed by atoms with Gasteiger partial charge in [0.25, 0.3) is 0 Å². The molecule has 2 heteroatoms. The van der Waals surface area contributed by atoms with E-state index in [1.165, 1.54) is 29.5 Å². The molecule has 1 aromatic carbocycles. The lowest BCUT2D eigenvalue weighted by Gasteiger charge is -2.09. The summed E-state index contributed by atoms with van der Waals surface area (Å²) in [6, 6.07) is 4.29. The molecular formula is C12H19NS. The van der Waals surface area contributed by atoms with E-state index in [4.69, 9.17) is 5.73 Å². The Morgan fingerprint density at radius 2 is 1.86 bits per heavy atom. The lowest BCUT2D eigenvalue weighted by Crippen LogP contribution is -1.96. The van der Waals surface area contributed by atoms with E-state index >= 15 is 0 Å². The van der Waals surface area contributed by atoms with E-state index < -0.39 is 0 Å². The Labute approximate surface area is 92.1 Å². The molecule has 14 heavy (non-hydrogen) atoms. The van der Waals surface area contributed by atoms with E-state index in [0.717, 1.165) is 17.9 Å². The SMILES string of the molecule is Cc1cc(C)c(CCCCS)cc1N. The number of hydrogen-bond acceptors (Lipinski definition) is 2. The number of thiol groups is 1. The Kier molecular flexibility index (Phi) is 4.33. The van der Waals surface area contributed by atoms with Gasteiger partial charge in [0.1, 0.15) is 0 Å². The summed E-state index contributed by atoms with van der Waals surface area (Å²) in [5.41, 5.74) is 10.7. The minimum Gasteiger partial charge on any atom is -0.399 e. The van der Waals surface area contributed by atoms with Gasteiger partial charge in [0.15, 0.2) is 0 Å². The topological polar surface area (TPSA) is 26.0 Å². The highest BCUT2D eigenvalue weighted by atomic mass is 32.1. The molecule has 0 amide bonds. The highest BCUT2D eigenvalue weighted by Gasteiger charge is 2.01. The Bertz CT molecular complexity index is 307. The van der Waals surface area contributed by atoms with Crippen LogP contribution in [-0.2, 0) is 6.42 Å². The van der Waals surface area contributed by atoms with Crippen LogP contribution in [0.4, 0.5) is 5.69 Å². The van der Waals surface area contributed by atoms with Crippen LogP contribution in [0.1, 0.15) is 29.5 Å². The fourth-order valence-corrected chi connectivity index (χ4v) is 1.84. The molecule has 0 fully saturated rings. The van der Waals surface area contributed by atoms with Crippen LogP contribution in [0, 0.1) is 13.8 Å². The zero-order valence-electron chi connectivity index (χ0n) is 9.01. The van der Waals surface area contributed by atoms with Crippen molar-refractivity contribution in [1.29, 1.82) is 0 Å². The van der Waals surface area contributed by atoms with Gasteiger partial charge in [0.05, 0.1) is 0 Å². The number of nitrogens with two attached hydrogens (primary N) is 1. The van der Waals surface area contributed by atoms with Crippen LogP contribution in [-0.4, -0.2) is 5.75 Å². The fourth-order valence-electron chi connectivity index (χ4n) is 1.61. The Morgan fingerprint density at radius 1 is 1.14 bits per heavy atom. The molecule has 0 aliphatic rings. The molecule has 78 valence electrons. The van der Waals surface area contributed by atoms with E-state index in [2.05, 4.69) is 38.6 Å². The Hall–Kier alpha value is -0.630. The number of hydrogen-bond donors (Lipinski definition) is 2. The molecule has 0 spiro atoms. The van der Waals surface area contributed by atoms with Crippen molar-refractivity contribution in [3.63, 3.8) is 0 Å². The third-order valence-corrected chi connectivity index (χ3v) is 2.90. The third kappa shape index (κ3) is 2.95. The van der Waals surface area contributed by atoms with Crippen LogP contribution in [0.2, 0.25) is 0 Å². The number of unbranched alkanes of at least 4 members (excludes halogenated alkanes) is 1. The van der Waals surface area contributed by atoms with Crippen LogP contribution in [0.25, 0.3) is 0 Å². The summed E-state index contributed by atoms with van der Waals surface area (Å²) in [7, 11) is 0. The molecule has 0 atom stereocenters. The van der Waals surface area contributed by atoms with Gasteiger partial charge < -0.3 is 5.73 Å². The van der Waals surface area contributed by atoms with E-state index in [9.17, 15) is 0 Å². The number of benzene rings is 1. The normalized spacial score (nSPS) is 10.5. The summed E-state index contributed by atoms with van der Waals surface area (Å²) >= 11 is 4.20. The average molecular weight is 209 g/mol. The lowest BCUT2D eigenvalue weighted by atomic mass is 9.99. The van der Waals surface area contributed by atoms with Gasteiger partial charge in [-0.1, -0.05) is 6.07 Å². The van der Waals surface area contributed by atoms with Crippen LogP contribution in [0.3, 0.4) is 0 Å². The van der Waals surface area contributed by atoms with Crippen LogP contribution >= 0.6 is 12.6 Å². The van der Waals surface area contributed by atoms with Crippen LogP contribution in [0.15, 0.2) is 12.1 Å². The maximum atomic E-state index is 5.88. The molecule has 1 nitrogen and oxygen atoms in total. The van der Waals surface area contributed by atoms with Gasteiger partial charge in [-0.15, -0.1) is 0 Å². The lowest BCUT2D eigenvalue weighted by molar-refractivity contribution is 0.800. The fraction of sp³-hybridized carbons (Fsp3) is 0.500. The van der Waals surface area contributed by atoms with Gasteiger partial charge in [-0.3, -0.25) is 0 Å². The smallest absolute Gasteiger partial charge is 0.0346 e. The molecule has 0 heterocycles. The highest BCUT2D eigenvalue weighted by Crippen LogP contribution is 2.19. The zero-order valence-corrected chi connectivity index (χ0v) is 9.90. The highest BCUT2D eigenvalue weighted by molar-refractivity contribution is 7.80. The second-order valence-corrected chi connectivity index (χ2v) is 4.26. The molecule has 1 rings (SSSR count). The van der Waals surface area contributed by atoms with Crippen molar-refractivity contribution in [3.05, 3.63) is 28.8 Å². The van der Waals surface area contributed by atoms with Gasteiger partial charge in [-0.25, -0.2) is 0 Å². The van der Waals surface area contributed by atoms with Gasteiger partial charge in [-0.05, 0) is 61.6 Å². The zero-order chi connectivity index (χ0) is 10.6. The number of aryl methyl sites for hydroxylation is 3. The monoisotopic (exact) mass is 209 g/mol. The van der Waals surface area contributed by atoms with Crippen molar-refractivity contribution < 1.29 is 0 Å². The van der Waals surface area contributed by atoms with E-state index in [-0.39, 0.29) is 0 Å². The largest absolute Gasteiger partial charge is 0.399 e. The first-order valence-electron chi connectivity index (χ1n) is 5.11. The summed E-state index contributed by atoms with van der Waals surface area (Å²) < 4.78 is 0. The summed E-state index contributed by atoms with van der Waals surface area (Å²) in [5, 5.41) is 0. The second-order valence-electron chi connectivity index (χ2n) is 3.82. The average Bonchev–Trinajstić information content (AvgIpc) is 2.14. The Balaban J connectivity index is 2.72. The maximum Gasteiger partial charge on any atom is 0.0346 e. The number of anilines is 1. The summed E-state index contributed by atoms with van der Waals surface area (Å²) in [6.07, 6.45) is 3.50. The van der Waals surface area contributed by atoms with E-state index in [1.807, 2.05) is 0 Å². The molecule has 0 radical (unpaired) electrons. The maximum absolute atomic E-state index is 5.88. The predicted octanol–water partition coefficient (Wildman–Crippen LogP) is 3.14.